The number of rotatable bonds is 17. The molecule has 0 bridgehead atoms. The van der Waals surface area contributed by atoms with Crippen LogP contribution in [0.3, 0.4) is 0 Å². The van der Waals surface area contributed by atoms with Gasteiger partial charge in [-0.1, -0.05) is 0 Å². The van der Waals surface area contributed by atoms with Crippen molar-refractivity contribution >= 4 is 46.5 Å². The van der Waals surface area contributed by atoms with E-state index < -0.39 is 11.6 Å². The Balaban J connectivity index is 1.66. The monoisotopic (exact) mass is 674 g/mol. The number of anilines is 4. The molecule has 17 nitrogen and oxygen atoms in total. The molecule has 266 valence electrons. The average Bonchev–Trinajstić information content (AvgIpc) is 3.38. The smallest absolute Gasteiger partial charge is 0.322 e. The zero-order valence-corrected chi connectivity index (χ0v) is 28.8. The Bertz CT molecular complexity index is 1370. The summed E-state index contributed by atoms with van der Waals surface area (Å²) >= 11 is 0. The van der Waals surface area contributed by atoms with Crippen LogP contribution in [0.2, 0.25) is 0 Å². The van der Waals surface area contributed by atoms with E-state index in [9.17, 15) is 9.59 Å². The molecule has 2 N–H and O–H groups in total. The van der Waals surface area contributed by atoms with Crippen LogP contribution in [0.1, 0.15) is 25.7 Å². The molecule has 3 fully saturated rings. The molecule has 0 radical (unpaired) electrons. The van der Waals surface area contributed by atoms with E-state index >= 15 is 0 Å². The van der Waals surface area contributed by atoms with Crippen LogP contribution in [0.15, 0.2) is 0 Å². The second kappa shape index (κ2) is 16.6. The van der Waals surface area contributed by atoms with E-state index in [-0.39, 0.29) is 12.0 Å². The molecule has 0 unspecified atom stereocenters. The minimum Gasteiger partial charge on any atom is -0.383 e. The van der Waals surface area contributed by atoms with Crippen molar-refractivity contribution in [3.05, 3.63) is 0 Å². The van der Waals surface area contributed by atoms with E-state index in [0.717, 1.165) is 31.7 Å². The topological polar surface area (TPSA) is 169 Å². The lowest BCUT2D eigenvalue weighted by Gasteiger charge is -2.38. The number of ether oxygens (including phenoxy) is 5. The van der Waals surface area contributed by atoms with Crippen LogP contribution in [0.25, 0.3) is 11.0 Å². The second-order valence-electron chi connectivity index (χ2n) is 12.2. The maximum atomic E-state index is 12.8. The van der Waals surface area contributed by atoms with Crippen LogP contribution in [-0.4, -0.2) is 158 Å². The van der Waals surface area contributed by atoms with E-state index in [1.54, 1.807) is 35.5 Å². The molecule has 1 spiro atoms. The number of nitrogens with one attached hydrogen (secondary N) is 2. The quantitative estimate of drug-likeness (QED) is 0.221. The standard InChI is InChI=1S/C31H50N10O7/c1-44-18-14-40(15-19-45-2)28-33-24-23(25(34-28)38-10-6-22(48-5)7-11-38)32-29(41(16-20-46-3)17-21-47-4)35-26(24)39-12-8-31(9-13-39)27(42)36-30(43)37-31/h22H,6-21H2,1-5H3,(H2,36,37,42,43). The molecular weight excluding hydrogens is 624 g/mol. The number of methoxy groups -OCH3 is 5. The second-order valence-corrected chi connectivity index (χ2v) is 12.2. The van der Waals surface area contributed by atoms with Crippen LogP contribution in [0.5, 0.6) is 0 Å². The van der Waals surface area contributed by atoms with Gasteiger partial charge < -0.3 is 48.6 Å². The third-order valence-corrected chi connectivity index (χ3v) is 9.32. The summed E-state index contributed by atoms with van der Waals surface area (Å²) in [5, 5.41) is 5.26. The van der Waals surface area contributed by atoms with Crippen molar-refractivity contribution in [3.8, 4) is 0 Å². The molecule has 3 amide bonds. The van der Waals surface area contributed by atoms with E-state index in [4.69, 9.17) is 43.6 Å². The van der Waals surface area contributed by atoms with Crippen molar-refractivity contribution in [1.29, 1.82) is 0 Å². The summed E-state index contributed by atoms with van der Waals surface area (Å²) in [5.41, 5.74) is 0.317. The zero-order chi connectivity index (χ0) is 34.1. The molecule has 17 heteroatoms. The Hall–Kier alpha value is -3.64. The molecule has 48 heavy (non-hydrogen) atoms. The van der Waals surface area contributed by atoms with Gasteiger partial charge in [0.1, 0.15) is 16.6 Å². The molecule has 3 aliphatic heterocycles. The highest BCUT2D eigenvalue weighted by atomic mass is 16.5. The molecule has 2 aromatic heterocycles. The van der Waals surface area contributed by atoms with Gasteiger partial charge in [0.25, 0.3) is 5.91 Å². The first-order chi connectivity index (χ1) is 23.4. The highest BCUT2D eigenvalue weighted by molar-refractivity contribution is 6.07. The average molecular weight is 675 g/mol. The first-order valence-corrected chi connectivity index (χ1v) is 16.6. The van der Waals surface area contributed by atoms with E-state index in [1.807, 2.05) is 4.90 Å². The van der Waals surface area contributed by atoms with Crippen LogP contribution in [0.4, 0.5) is 28.3 Å². The van der Waals surface area contributed by atoms with Gasteiger partial charge in [-0.05, 0) is 25.7 Å². The van der Waals surface area contributed by atoms with Crippen molar-refractivity contribution in [2.45, 2.75) is 37.3 Å². The summed E-state index contributed by atoms with van der Waals surface area (Å²) < 4.78 is 27.4. The van der Waals surface area contributed by atoms with E-state index in [1.165, 1.54) is 0 Å². The maximum absolute atomic E-state index is 12.8. The molecular formula is C31H50N10O7. The van der Waals surface area contributed by atoms with E-state index in [2.05, 4.69) is 25.3 Å². The first kappa shape index (κ1) is 35.7. The number of urea groups is 1. The largest absolute Gasteiger partial charge is 0.383 e. The summed E-state index contributed by atoms with van der Waals surface area (Å²) in [5.74, 6) is 2.13. The van der Waals surface area contributed by atoms with Gasteiger partial charge in [-0.15, -0.1) is 0 Å². The Morgan fingerprint density at radius 2 is 1.12 bits per heavy atom. The van der Waals surface area contributed by atoms with Crippen LogP contribution < -0.4 is 30.2 Å². The third-order valence-electron chi connectivity index (χ3n) is 9.32. The molecule has 5 rings (SSSR count). The molecule has 0 aliphatic carbocycles. The van der Waals surface area contributed by atoms with Crippen molar-refractivity contribution < 1.29 is 33.3 Å². The maximum Gasteiger partial charge on any atom is 0.322 e. The molecule has 3 saturated heterocycles. The summed E-state index contributed by atoms with van der Waals surface area (Å²) in [6.45, 7) is 6.58. The minimum atomic E-state index is -0.934. The van der Waals surface area contributed by atoms with Gasteiger partial charge in [0, 0.05) is 87.9 Å². The Morgan fingerprint density at radius 3 is 1.50 bits per heavy atom. The summed E-state index contributed by atoms with van der Waals surface area (Å²) in [6.07, 6.45) is 2.74. The molecule has 0 saturated carbocycles. The number of hydrogen-bond donors (Lipinski definition) is 2. The molecule has 5 heterocycles. The van der Waals surface area contributed by atoms with Gasteiger partial charge in [-0.2, -0.15) is 9.97 Å². The van der Waals surface area contributed by atoms with E-state index in [0.29, 0.717) is 107 Å². The Morgan fingerprint density at radius 1 is 0.688 bits per heavy atom. The summed E-state index contributed by atoms with van der Waals surface area (Å²) in [7, 11) is 8.43. The lowest BCUT2D eigenvalue weighted by molar-refractivity contribution is -0.124. The van der Waals surface area contributed by atoms with Crippen LogP contribution in [0, 0.1) is 0 Å². The fourth-order valence-corrected chi connectivity index (χ4v) is 6.40. The highest BCUT2D eigenvalue weighted by Gasteiger charge is 2.48. The minimum absolute atomic E-state index is 0.182. The first-order valence-electron chi connectivity index (χ1n) is 16.6. The summed E-state index contributed by atoms with van der Waals surface area (Å²) in [4.78, 5) is 54.0. The molecule has 0 aromatic carbocycles. The van der Waals surface area contributed by atoms with Crippen molar-refractivity contribution in [2.24, 2.45) is 0 Å². The molecule has 2 aromatic rings. The van der Waals surface area contributed by atoms with Gasteiger partial charge >= 0.3 is 6.03 Å². The SMILES string of the molecule is COCCN(CCOC)c1nc(N2CCC3(CC2)NC(=O)NC3=O)c2nc(N(CCOC)CCOC)nc(N3CCC(OC)CC3)c2n1. The Kier molecular flexibility index (Phi) is 12.4. The van der Waals surface area contributed by atoms with Gasteiger partial charge in [0.2, 0.25) is 11.9 Å². The lowest BCUT2D eigenvalue weighted by atomic mass is 9.87. The summed E-state index contributed by atoms with van der Waals surface area (Å²) in [6, 6.07) is -0.457. The number of carbonyl (C=O) groups excluding carboxylic acids is 2. The fourth-order valence-electron chi connectivity index (χ4n) is 6.40. The van der Waals surface area contributed by atoms with Gasteiger partial charge in [0.15, 0.2) is 11.6 Å². The van der Waals surface area contributed by atoms with Gasteiger partial charge in [0.05, 0.1) is 32.5 Å². The van der Waals surface area contributed by atoms with Gasteiger partial charge in [-0.25, -0.2) is 14.8 Å². The highest BCUT2D eigenvalue weighted by Crippen LogP contribution is 2.36. The number of fused-ring (bicyclic) bond motifs is 1. The zero-order valence-electron chi connectivity index (χ0n) is 28.8. The van der Waals surface area contributed by atoms with Crippen molar-refractivity contribution in [2.75, 3.05) is 134 Å². The number of nitrogens with zero attached hydrogens (tertiary/aromatic N) is 8. The number of imide groups is 1. The predicted octanol–water partition coefficient (Wildman–Crippen LogP) is 0.412. The number of piperidine rings is 2. The van der Waals surface area contributed by atoms with Crippen molar-refractivity contribution in [3.63, 3.8) is 0 Å². The third kappa shape index (κ3) is 7.97. The van der Waals surface area contributed by atoms with Crippen LogP contribution in [-0.2, 0) is 28.5 Å². The number of amides is 3. The van der Waals surface area contributed by atoms with Crippen LogP contribution >= 0.6 is 0 Å². The fraction of sp³-hybridized carbons (Fsp3) is 0.742. The van der Waals surface area contributed by atoms with Gasteiger partial charge in [-0.3, -0.25) is 10.1 Å². The number of hydrogen-bond acceptors (Lipinski definition) is 15. The molecule has 0 atom stereocenters. The number of aromatic nitrogens is 4. The lowest BCUT2D eigenvalue weighted by Crippen LogP contribution is -2.55. The number of carbonyl (C=O) groups is 2. The Labute approximate surface area is 281 Å². The normalized spacial score (nSPS) is 18.1. The predicted molar refractivity (Wildman–Crippen MR) is 180 cm³/mol. The molecule has 3 aliphatic rings. The van der Waals surface area contributed by atoms with Crippen molar-refractivity contribution in [1.82, 2.24) is 30.6 Å².